The predicted molar refractivity (Wildman–Crippen MR) is 96.7 cm³/mol. The van der Waals surface area contributed by atoms with Crippen molar-refractivity contribution in [2.75, 3.05) is 0 Å². The van der Waals surface area contributed by atoms with Crippen LogP contribution in [0.15, 0.2) is 36.4 Å². The highest BCUT2D eigenvalue weighted by Crippen LogP contribution is 2.18. The van der Waals surface area contributed by atoms with Crippen LogP contribution in [0.1, 0.15) is 54.9 Å². The summed E-state index contributed by atoms with van der Waals surface area (Å²) in [6, 6.07) is 7.51. The van der Waals surface area contributed by atoms with Crippen LogP contribution in [0.2, 0.25) is 0 Å². The van der Waals surface area contributed by atoms with Crippen LogP contribution in [0.4, 0.5) is 13.2 Å². The molecule has 0 N–H and O–H groups in total. The van der Waals surface area contributed by atoms with Crippen LogP contribution in [0.3, 0.4) is 0 Å². The van der Waals surface area contributed by atoms with Gasteiger partial charge in [-0.1, -0.05) is 55.9 Å². The molecule has 2 aromatic carbocycles. The van der Waals surface area contributed by atoms with E-state index in [4.69, 9.17) is 0 Å². The molecule has 3 heteroatoms. The lowest BCUT2D eigenvalue weighted by molar-refractivity contribution is 0.505. The predicted octanol–water partition coefficient (Wildman–Crippen LogP) is 6.41. The maximum Gasteiger partial charge on any atom is 0.175 e. The van der Waals surface area contributed by atoms with Gasteiger partial charge in [-0.05, 0) is 43.5 Å². The standard InChI is InChI=1S/C22H21F3/c1-3-4-5-6-7-8-18-13-14-19(22(25)21(18)24)12-11-17-10-9-16(2)15-20(17)23/h7-10,13-15H,3-6H2,1-2H3. The van der Waals surface area contributed by atoms with Gasteiger partial charge in [0.2, 0.25) is 0 Å². The highest BCUT2D eigenvalue weighted by Gasteiger charge is 2.10. The Hall–Kier alpha value is -2.47. The van der Waals surface area contributed by atoms with Crippen LogP contribution in [-0.2, 0) is 0 Å². The fraction of sp³-hybridized carbons (Fsp3) is 0.273. The van der Waals surface area contributed by atoms with Crippen molar-refractivity contribution in [1.82, 2.24) is 0 Å². The van der Waals surface area contributed by atoms with Crippen molar-refractivity contribution in [1.29, 1.82) is 0 Å². The number of hydrogen-bond donors (Lipinski definition) is 0. The van der Waals surface area contributed by atoms with Gasteiger partial charge in [-0.25, -0.2) is 13.2 Å². The van der Waals surface area contributed by atoms with Gasteiger partial charge in [-0.15, -0.1) is 0 Å². The summed E-state index contributed by atoms with van der Waals surface area (Å²) in [5.74, 6) is 2.67. The summed E-state index contributed by atoms with van der Waals surface area (Å²) >= 11 is 0. The SMILES string of the molecule is CCCCCC=Cc1ccc(C#Cc2ccc(C)cc2F)c(F)c1F. The second-order valence-corrected chi connectivity index (χ2v) is 5.96. The third kappa shape index (κ3) is 5.26. The van der Waals surface area contributed by atoms with Gasteiger partial charge in [-0.3, -0.25) is 0 Å². The Balaban J connectivity index is 2.19. The first-order valence-corrected chi connectivity index (χ1v) is 8.45. The van der Waals surface area contributed by atoms with Crippen LogP contribution < -0.4 is 0 Å². The van der Waals surface area contributed by atoms with Crippen molar-refractivity contribution in [3.63, 3.8) is 0 Å². The molecule has 0 unspecified atom stereocenters. The normalized spacial score (nSPS) is 10.8. The van der Waals surface area contributed by atoms with E-state index in [9.17, 15) is 13.2 Å². The first-order chi connectivity index (χ1) is 12.0. The number of hydrogen-bond acceptors (Lipinski definition) is 0. The molecule has 25 heavy (non-hydrogen) atoms. The minimum absolute atomic E-state index is 0.0828. The zero-order chi connectivity index (χ0) is 18.2. The first kappa shape index (κ1) is 18.9. The van der Waals surface area contributed by atoms with Crippen molar-refractivity contribution in [2.45, 2.75) is 39.5 Å². The maximum absolute atomic E-state index is 14.2. The fourth-order valence-corrected chi connectivity index (χ4v) is 2.37. The van der Waals surface area contributed by atoms with E-state index in [0.29, 0.717) is 0 Å². The Morgan fingerprint density at radius 3 is 2.36 bits per heavy atom. The lowest BCUT2D eigenvalue weighted by atomic mass is 10.1. The molecule has 0 heterocycles. The van der Waals surface area contributed by atoms with Crippen molar-refractivity contribution in [3.8, 4) is 11.8 Å². The highest BCUT2D eigenvalue weighted by atomic mass is 19.2. The summed E-state index contributed by atoms with van der Waals surface area (Å²) in [5, 5.41) is 0. The largest absolute Gasteiger partial charge is 0.206 e. The molecular weight excluding hydrogens is 321 g/mol. The molecule has 0 bridgehead atoms. The van der Waals surface area contributed by atoms with E-state index in [1.165, 1.54) is 24.3 Å². The Bertz CT molecular complexity index is 823. The Kier molecular flexibility index (Phi) is 6.89. The molecule has 130 valence electrons. The molecule has 0 aliphatic heterocycles. The summed E-state index contributed by atoms with van der Waals surface area (Å²) in [4.78, 5) is 0. The molecule has 0 aliphatic rings. The fourth-order valence-electron chi connectivity index (χ4n) is 2.37. The van der Waals surface area contributed by atoms with Gasteiger partial charge in [0.1, 0.15) is 5.82 Å². The molecule has 0 nitrogen and oxygen atoms in total. The van der Waals surface area contributed by atoms with Gasteiger partial charge in [0, 0.05) is 5.56 Å². The van der Waals surface area contributed by atoms with Crippen LogP contribution >= 0.6 is 0 Å². The van der Waals surface area contributed by atoms with Crippen LogP contribution in [0.5, 0.6) is 0 Å². The zero-order valence-corrected chi connectivity index (χ0v) is 14.5. The van der Waals surface area contributed by atoms with Crippen LogP contribution in [-0.4, -0.2) is 0 Å². The molecule has 0 spiro atoms. The summed E-state index contributed by atoms with van der Waals surface area (Å²) in [6.07, 6.45) is 7.54. The lowest BCUT2D eigenvalue weighted by Gasteiger charge is -2.01. The molecule has 0 fully saturated rings. The molecule has 0 saturated heterocycles. The lowest BCUT2D eigenvalue weighted by Crippen LogP contribution is -1.94. The zero-order valence-electron chi connectivity index (χ0n) is 14.5. The molecular formula is C22H21F3. The van der Waals surface area contributed by atoms with Gasteiger partial charge in [0.15, 0.2) is 11.6 Å². The number of aryl methyl sites for hydroxylation is 1. The average Bonchev–Trinajstić information content (AvgIpc) is 2.59. The van der Waals surface area contributed by atoms with E-state index in [1.807, 2.05) is 6.08 Å². The summed E-state index contributed by atoms with van der Waals surface area (Å²) in [5.41, 5.74) is 1.04. The van der Waals surface area contributed by atoms with Gasteiger partial charge < -0.3 is 0 Å². The average molecular weight is 342 g/mol. The second-order valence-electron chi connectivity index (χ2n) is 5.96. The summed E-state index contributed by atoms with van der Waals surface area (Å²) in [7, 11) is 0. The number of rotatable bonds is 5. The van der Waals surface area contributed by atoms with E-state index in [1.54, 1.807) is 19.1 Å². The molecule has 0 radical (unpaired) electrons. The number of unbranched alkanes of at least 4 members (excludes halogenated alkanes) is 3. The Morgan fingerprint density at radius 1 is 0.920 bits per heavy atom. The molecule has 2 aromatic rings. The number of allylic oxidation sites excluding steroid dienone is 1. The Labute approximate surface area is 147 Å². The molecule has 0 amide bonds. The van der Waals surface area contributed by atoms with E-state index in [-0.39, 0.29) is 16.7 Å². The summed E-state index contributed by atoms with van der Waals surface area (Å²) < 4.78 is 42.0. The molecule has 0 aromatic heterocycles. The van der Waals surface area contributed by atoms with Crippen LogP contribution in [0.25, 0.3) is 6.08 Å². The third-order valence-corrected chi connectivity index (χ3v) is 3.84. The van der Waals surface area contributed by atoms with Crippen molar-refractivity contribution >= 4 is 6.08 Å². The van der Waals surface area contributed by atoms with Crippen LogP contribution in [0, 0.1) is 36.2 Å². The first-order valence-electron chi connectivity index (χ1n) is 8.45. The summed E-state index contributed by atoms with van der Waals surface area (Å²) in [6.45, 7) is 3.88. The van der Waals surface area contributed by atoms with Gasteiger partial charge >= 0.3 is 0 Å². The topological polar surface area (TPSA) is 0 Å². The second kappa shape index (κ2) is 9.13. The Morgan fingerprint density at radius 2 is 1.64 bits per heavy atom. The minimum Gasteiger partial charge on any atom is -0.206 e. The van der Waals surface area contributed by atoms with Gasteiger partial charge in [0.25, 0.3) is 0 Å². The maximum atomic E-state index is 14.2. The van der Waals surface area contributed by atoms with E-state index < -0.39 is 17.5 Å². The molecule has 0 aliphatic carbocycles. The minimum atomic E-state index is -1.00. The van der Waals surface area contributed by atoms with Gasteiger partial charge in [-0.2, -0.15) is 0 Å². The third-order valence-electron chi connectivity index (χ3n) is 3.84. The smallest absolute Gasteiger partial charge is 0.175 e. The van der Waals surface area contributed by atoms with E-state index >= 15 is 0 Å². The van der Waals surface area contributed by atoms with Crippen molar-refractivity contribution in [2.24, 2.45) is 0 Å². The number of halogens is 3. The van der Waals surface area contributed by atoms with Crippen molar-refractivity contribution < 1.29 is 13.2 Å². The van der Waals surface area contributed by atoms with Crippen molar-refractivity contribution in [3.05, 3.63) is 76.1 Å². The van der Waals surface area contributed by atoms with E-state index in [2.05, 4.69) is 18.8 Å². The van der Waals surface area contributed by atoms with Gasteiger partial charge in [0.05, 0.1) is 11.1 Å². The molecule has 2 rings (SSSR count). The number of benzene rings is 2. The molecule has 0 saturated carbocycles. The highest BCUT2D eigenvalue weighted by molar-refractivity contribution is 5.54. The molecule has 0 atom stereocenters. The van der Waals surface area contributed by atoms with E-state index in [0.717, 1.165) is 31.2 Å². The monoisotopic (exact) mass is 342 g/mol. The quantitative estimate of drug-likeness (QED) is 0.435.